The minimum atomic E-state index is -0.236. The van der Waals surface area contributed by atoms with Crippen LogP contribution in [0.5, 0.6) is 11.5 Å². The predicted molar refractivity (Wildman–Crippen MR) is 133 cm³/mol. The van der Waals surface area contributed by atoms with Crippen molar-refractivity contribution in [2.45, 2.75) is 26.4 Å². The summed E-state index contributed by atoms with van der Waals surface area (Å²) in [5, 5.41) is 2.77. The van der Waals surface area contributed by atoms with E-state index in [0.717, 1.165) is 5.56 Å². The third-order valence-corrected chi connectivity index (χ3v) is 4.97. The summed E-state index contributed by atoms with van der Waals surface area (Å²) >= 11 is 0. The Morgan fingerprint density at radius 3 is 2.44 bits per heavy atom. The molecule has 34 heavy (non-hydrogen) atoms. The number of rotatable bonds is 9. The third-order valence-electron chi connectivity index (χ3n) is 4.97. The van der Waals surface area contributed by atoms with Crippen molar-refractivity contribution in [2.24, 2.45) is 0 Å². The Labute approximate surface area is 200 Å². The van der Waals surface area contributed by atoms with Crippen molar-refractivity contribution in [1.82, 2.24) is 5.32 Å². The summed E-state index contributed by atoms with van der Waals surface area (Å²) in [5.74, 6) is 2.90. The highest BCUT2D eigenvalue weighted by Crippen LogP contribution is 2.30. The van der Waals surface area contributed by atoms with Gasteiger partial charge in [-0.1, -0.05) is 42.3 Å². The van der Waals surface area contributed by atoms with Crippen LogP contribution in [0.25, 0.3) is 0 Å². The highest BCUT2D eigenvalue weighted by molar-refractivity contribution is 6.06. The Hall–Kier alpha value is -4.24. The van der Waals surface area contributed by atoms with Crippen LogP contribution < -0.4 is 19.7 Å². The maximum Gasteiger partial charge on any atom is 0.258 e. The van der Waals surface area contributed by atoms with Crippen molar-refractivity contribution in [3.63, 3.8) is 0 Å². The SMILES string of the molecule is C#Cc1cccc(N(Cc2ccccc2)C(=O)c2ccc(OCC(=O)NC(C)C)c(OC)c2)c1. The quantitative estimate of drug-likeness (QED) is 0.484. The second-order valence-corrected chi connectivity index (χ2v) is 7.95. The molecule has 0 unspecified atom stereocenters. The predicted octanol–water partition coefficient (Wildman–Crippen LogP) is 4.43. The summed E-state index contributed by atoms with van der Waals surface area (Å²) in [7, 11) is 1.49. The molecule has 0 saturated carbocycles. The summed E-state index contributed by atoms with van der Waals surface area (Å²) < 4.78 is 11.0. The van der Waals surface area contributed by atoms with Gasteiger partial charge < -0.3 is 19.7 Å². The molecule has 0 aromatic heterocycles. The zero-order valence-corrected chi connectivity index (χ0v) is 19.6. The number of nitrogens with zero attached hydrogens (tertiary/aromatic N) is 1. The van der Waals surface area contributed by atoms with E-state index in [0.29, 0.717) is 34.9 Å². The zero-order valence-electron chi connectivity index (χ0n) is 19.6. The molecule has 174 valence electrons. The van der Waals surface area contributed by atoms with Gasteiger partial charge in [0.25, 0.3) is 11.8 Å². The molecular weight excluding hydrogens is 428 g/mol. The number of hydrogen-bond donors (Lipinski definition) is 1. The van der Waals surface area contributed by atoms with Gasteiger partial charge in [-0.05, 0) is 55.8 Å². The van der Waals surface area contributed by atoms with Crippen LogP contribution in [0.3, 0.4) is 0 Å². The largest absolute Gasteiger partial charge is 0.493 e. The van der Waals surface area contributed by atoms with Gasteiger partial charge in [-0.3, -0.25) is 9.59 Å². The highest BCUT2D eigenvalue weighted by Gasteiger charge is 2.21. The molecule has 0 bridgehead atoms. The lowest BCUT2D eigenvalue weighted by atomic mass is 10.1. The van der Waals surface area contributed by atoms with E-state index in [2.05, 4.69) is 11.2 Å². The number of carbonyl (C=O) groups is 2. The van der Waals surface area contributed by atoms with E-state index in [1.165, 1.54) is 7.11 Å². The molecule has 0 aliphatic heterocycles. The van der Waals surface area contributed by atoms with Gasteiger partial charge in [-0.2, -0.15) is 0 Å². The van der Waals surface area contributed by atoms with E-state index in [1.54, 1.807) is 23.1 Å². The van der Waals surface area contributed by atoms with Crippen LogP contribution in [-0.2, 0) is 11.3 Å². The summed E-state index contributed by atoms with van der Waals surface area (Å²) in [6.45, 7) is 3.96. The first-order valence-electron chi connectivity index (χ1n) is 10.9. The van der Waals surface area contributed by atoms with Crippen LogP contribution in [0.4, 0.5) is 5.69 Å². The van der Waals surface area contributed by atoms with Gasteiger partial charge in [0.05, 0.1) is 13.7 Å². The lowest BCUT2D eigenvalue weighted by Gasteiger charge is -2.24. The van der Waals surface area contributed by atoms with E-state index in [1.807, 2.05) is 68.4 Å². The first kappa shape index (κ1) is 24.4. The van der Waals surface area contributed by atoms with Crippen molar-refractivity contribution >= 4 is 17.5 Å². The fourth-order valence-corrected chi connectivity index (χ4v) is 3.39. The van der Waals surface area contributed by atoms with Gasteiger partial charge in [0.2, 0.25) is 0 Å². The molecule has 0 atom stereocenters. The van der Waals surface area contributed by atoms with Crippen LogP contribution in [0.1, 0.15) is 35.3 Å². The summed E-state index contributed by atoms with van der Waals surface area (Å²) in [6, 6.07) is 21.9. The fourth-order valence-electron chi connectivity index (χ4n) is 3.39. The van der Waals surface area contributed by atoms with Crippen LogP contribution in [0, 0.1) is 12.3 Å². The molecule has 0 spiro atoms. The molecule has 0 fully saturated rings. The van der Waals surface area contributed by atoms with E-state index in [-0.39, 0.29) is 24.5 Å². The second kappa shape index (κ2) is 11.6. The molecule has 0 heterocycles. The van der Waals surface area contributed by atoms with Crippen LogP contribution in [0.15, 0.2) is 72.8 Å². The van der Waals surface area contributed by atoms with Crippen molar-refractivity contribution in [3.05, 3.63) is 89.5 Å². The van der Waals surface area contributed by atoms with Crippen molar-refractivity contribution < 1.29 is 19.1 Å². The second-order valence-electron chi connectivity index (χ2n) is 7.95. The Morgan fingerprint density at radius 2 is 1.76 bits per heavy atom. The number of terminal acetylenes is 1. The van der Waals surface area contributed by atoms with Gasteiger partial charge in [-0.25, -0.2) is 0 Å². The van der Waals surface area contributed by atoms with Gasteiger partial charge >= 0.3 is 0 Å². The molecule has 3 rings (SSSR count). The summed E-state index contributed by atoms with van der Waals surface area (Å²) in [5.41, 5.74) is 2.77. The Morgan fingerprint density at radius 1 is 1.00 bits per heavy atom. The number of amides is 2. The molecule has 2 amide bonds. The van der Waals surface area contributed by atoms with Gasteiger partial charge in [0, 0.05) is 22.9 Å². The monoisotopic (exact) mass is 456 g/mol. The topological polar surface area (TPSA) is 67.9 Å². The van der Waals surface area contributed by atoms with Gasteiger partial charge in [-0.15, -0.1) is 6.42 Å². The lowest BCUT2D eigenvalue weighted by Crippen LogP contribution is -2.34. The smallest absolute Gasteiger partial charge is 0.258 e. The molecule has 6 nitrogen and oxygen atoms in total. The van der Waals surface area contributed by atoms with Crippen molar-refractivity contribution in [1.29, 1.82) is 0 Å². The highest BCUT2D eigenvalue weighted by atomic mass is 16.5. The molecule has 1 N–H and O–H groups in total. The molecule has 0 saturated heterocycles. The number of benzene rings is 3. The van der Waals surface area contributed by atoms with Crippen LogP contribution in [0.2, 0.25) is 0 Å². The average molecular weight is 457 g/mol. The van der Waals surface area contributed by atoms with E-state index >= 15 is 0 Å². The molecule has 0 aliphatic carbocycles. The number of hydrogen-bond acceptors (Lipinski definition) is 4. The van der Waals surface area contributed by atoms with Crippen molar-refractivity contribution in [2.75, 3.05) is 18.6 Å². The van der Waals surface area contributed by atoms with E-state index < -0.39 is 0 Å². The number of nitrogens with one attached hydrogen (secondary N) is 1. The Kier molecular flexibility index (Phi) is 8.31. The third kappa shape index (κ3) is 6.39. The number of ether oxygens (including phenoxy) is 2. The van der Waals surface area contributed by atoms with Gasteiger partial charge in [0.15, 0.2) is 18.1 Å². The maximum absolute atomic E-state index is 13.6. The Balaban J connectivity index is 1.89. The van der Waals surface area contributed by atoms with Gasteiger partial charge in [0.1, 0.15) is 0 Å². The maximum atomic E-state index is 13.6. The Bertz CT molecular complexity index is 1180. The molecule has 0 aliphatic rings. The van der Waals surface area contributed by atoms with E-state index in [4.69, 9.17) is 15.9 Å². The molecule has 0 radical (unpaired) electrons. The molecular formula is C28H28N2O4. The number of anilines is 1. The number of methoxy groups -OCH3 is 1. The van der Waals surface area contributed by atoms with Crippen LogP contribution in [-0.4, -0.2) is 31.6 Å². The van der Waals surface area contributed by atoms with Crippen molar-refractivity contribution in [3.8, 4) is 23.8 Å². The fraction of sp³-hybridized carbons (Fsp3) is 0.214. The minimum absolute atomic E-state index is 0.0153. The average Bonchev–Trinajstić information content (AvgIpc) is 2.85. The van der Waals surface area contributed by atoms with Crippen LogP contribution >= 0.6 is 0 Å². The number of carbonyl (C=O) groups excluding carboxylic acids is 2. The molecule has 6 heteroatoms. The zero-order chi connectivity index (χ0) is 24.5. The first-order valence-corrected chi connectivity index (χ1v) is 10.9. The standard InChI is InChI=1S/C28H28N2O4/c1-5-21-12-9-13-24(16-21)30(18-22-10-7-6-8-11-22)28(32)23-14-15-25(26(17-23)33-4)34-19-27(31)29-20(2)3/h1,6-17,20H,18-19H2,2-4H3,(H,29,31). The minimum Gasteiger partial charge on any atom is -0.493 e. The summed E-state index contributed by atoms with van der Waals surface area (Å²) in [6.07, 6.45) is 5.58. The molecule has 3 aromatic carbocycles. The summed E-state index contributed by atoms with van der Waals surface area (Å²) in [4.78, 5) is 27.2. The lowest BCUT2D eigenvalue weighted by molar-refractivity contribution is -0.123. The van der Waals surface area contributed by atoms with E-state index in [9.17, 15) is 9.59 Å². The first-order chi connectivity index (χ1) is 16.4. The normalized spacial score (nSPS) is 10.3. The molecule has 3 aromatic rings.